The third-order valence-electron chi connectivity index (χ3n) is 3.56. The summed E-state index contributed by atoms with van der Waals surface area (Å²) in [5.41, 5.74) is -0.702. The molecule has 1 saturated heterocycles. The Morgan fingerprint density at radius 2 is 1.65 bits per heavy atom. The summed E-state index contributed by atoms with van der Waals surface area (Å²) in [4.78, 5) is 13.7. The average molecular weight is 351 g/mol. The molecule has 1 aliphatic heterocycles. The topological polar surface area (TPSA) is 83.7 Å². The van der Waals surface area contributed by atoms with Gasteiger partial charge in [-0.1, -0.05) is 0 Å². The van der Waals surface area contributed by atoms with E-state index in [4.69, 9.17) is 5.14 Å². The highest BCUT2D eigenvalue weighted by Gasteiger charge is 2.31. The number of alkyl halides is 3. The lowest BCUT2D eigenvalue weighted by Crippen LogP contribution is -2.40. The van der Waals surface area contributed by atoms with Gasteiger partial charge in [0.1, 0.15) is 0 Å². The number of benzene rings is 1. The fourth-order valence-corrected chi connectivity index (χ4v) is 3.06. The number of amides is 1. The lowest BCUT2D eigenvalue weighted by Gasteiger charge is -2.21. The van der Waals surface area contributed by atoms with Crippen molar-refractivity contribution in [2.24, 2.45) is 5.14 Å². The van der Waals surface area contributed by atoms with E-state index in [9.17, 15) is 26.4 Å². The molecule has 1 fully saturated rings. The van der Waals surface area contributed by atoms with Gasteiger partial charge < -0.3 is 4.90 Å². The monoisotopic (exact) mass is 351 g/mol. The molecule has 0 bridgehead atoms. The zero-order valence-electron chi connectivity index (χ0n) is 12.1. The van der Waals surface area contributed by atoms with Gasteiger partial charge in [-0.15, -0.1) is 0 Å². The molecule has 10 heteroatoms. The first-order valence-corrected chi connectivity index (χ1v) is 8.34. The van der Waals surface area contributed by atoms with Gasteiger partial charge in [-0.3, -0.25) is 4.79 Å². The smallest absolute Gasteiger partial charge is 0.337 e. The van der Waals surface area contributed by atoms with Crippen LogP contribution in [0.25, 0.3) is 0 Å². The minimum Gasteiger partial charge on any atom is -0.337 e. The van der Waals surface area contributed by atoms with Crippen molar-refractivity contribution in [3.05, 3.63) is 35.4 Å². The Hall–Kier alpha value is -1.65. The summed E-state index contributed by atoms with van der Waals surface area (Å²) in [6.45, 7) is 0.711. The van der Waals surface area contributed by atoms with Crippen molar-refractivity contribution < 1.29 is 26.4 Å². The molecule has 0 spiro atoms. The molecule has 128 valence electrons. The molecule has 0 aromatic heterocycles. The first-order chi connectivity index (χ1) is 10.6. The highest BCUT2D eigenvalue weighted by atomic mass is 32.2. The normalized spacial score (nSPS) is 17.8. The van der Waals surface area contributed by atoms with E-state index in [-0.39, 0.29) is 25.2 Å². The summed E-state index contributed by atoms with van der Waals surface area (Å²) in [7, 11) is -3.81. The Bertz CT molecular complexity index is 674. The number of carbonyl (C=O) groups excluding carboxylic acids is 1. The summed E-state index contributed by atoms with van der Waals surface area (Å²) < 4.78 is 61.2. The molecule has 0 saturated carbocycles. The molecule has 0 radical (unpaired) electrons. The van der Waals surface area contributed by atoms with Crippen molar-refractivity contribution in [2.45, 2.75) is 12.6 Å². The van der Waals surface area contributed by atoms with E-state index >= 15 is 0 Å². The van der Waals surface area contributed by atoms with Crippen molar-refractivity contribution in [2.75, 3.05) is 26.2 Å². The molecule has 6 nitrogen and oxygen atoms in total. The number of hydrogen-bond donors (Lipinski definition) is 1. The third-order valence-corrected chi connectivity index (χ3v) is 4.65. The summed E-state index contributed by atoms with van der Waals surface area (Å²) in [6.07, 6.45) is -4.05. The SMILES string of the molecule is NS(=O)(=O)N1CCCN(C(=O)c2ccc(C(F)(F)F)cc2)CC1. The predicted octanol–water partition coefficient (Wildman–Crippen LogP) is 1.06. The fourth-order valence-electron chi connectivity index (χ4n) is 2.34. The van der Waals surface area contributed by atoms with Crippen molar-refractivity contribution in [1.82, 2.24) is 9.21 Å². The Kier molecular flexibility index (Phi) is 4.97. The molecule has 1 aliphatic rings. The van der Waals surface area contributed by atoms with E-state index in [0.29, 0.717) is 13.0 Å². The molecule has 0 aliphatic carbocycles. The van der Waals surface area contributed by atoms with Crippen LogP contribution >= 0.6 is 0 Å². The molecule has 2 N–H and O–H groups in total. The van der Waals surface area contributed by atoms with E-state index in [0.717, 1.165) is 28.6 Å². The number of carbonyl (C=O) groups is 1. The second-order valence-corrected chi connectivity index (χ2v) is 6.71. The van der Waals surface area contributed by atoms with Gasteiger partial charge in [0.05, 0.1) is 5.56 Å². The largest absolute Gasteiger partial charge is 0.416 e. The van der Waals surface area contributed by atoms with Crippen LogP contribution < -0.4 is 5.14 Å². The van der Waals surface area contributed by atoms with Gasteiger partial charge >= 0.3 is 6.18 Å². The van der Waals surface area contributed by atoms with Crippen molar-refractivity contribution in [3.8, 4) is 0 Å². The quantitative estimate of drug-likeness (QED) is 0.865. The molecule has 23 heavy (non-hydrogen) atoms. The van der Waals surface area contributed by atoms with Crippen molar-refractivity contribution in [1.29, 1.82) is 0 Å². The summed E-state index contributed by atoms with van der Waals surface area (Å²) >= 11 is 0. The molecule has 0 unspecified atom stereocenters. The van der Waals surface area contributed by atoms with Gasteiger partial charge in [0.25, 0.3) is 16.1 Å². The van der Waals surface area contributed by atoms with Crippen LogP contribution in [0.4, 0.5) is 13.2 Å². The van der Waals surface area contributed by atoms with Gasteiger partial charge in [0, 0.05) is 31.7 Å². The van der Waals surface area contributed by atoms with E-state index in [1.54, 1.807) is 0 Å². The molecule has 2 rings (SSSR count). The first kappa shape index (κ1) is 17.7. The summed E-state index contributed by atoms with van der Waals surface area (Å²) in [5, 5.41) is 5.06. The molecular formula is C13H16F3N3O3S. The maximum Gasteiger partial charge on any atom is 0.416 e. The second-order valence-electron chi connectivity index (χ2n) is 5.16. The van der Waals surface area contributed by atoms with Crippen molar-refractivity contribution >= 4 is 16.1 Å². The van der Waals surface area contributed by atoms with Crippen LogP contribution in [0, 0.1) is 0 Å². The van der Waals surface area contributed by atoms with E-state index in [2.05, 4.69) is 0 Å². The van der Waals surface area contributed by atoms with Crippen LogP contribution in [0.2, 0.25) is 0 Å². The van der Waals surface area contributed by atoms with Gasteiger partial charge in [-0.2, -0.15) is 25.9 Å². The Morgan fingerprint density at radius 3 is 2.17 bits per heavy atom. The van der Waals surface area contributed by atoms with E-state index in [1.165, 1.54) is 4.90 Å². The lowest BCUT2D eigenvalue weighted by molar-refractivity contribution is -0.137. The molecule has 1 heterocycles. The van der Waals surface area contributed by atoms with Crippen LogP contribution in [-0.4, -0.2) is 49.7 Å². The fraction of sp³-hybridized carbons (Fsp3) is 0.462. The zero-order chi connectivity index (χ0) is 17.3. The standard InChI is InChI=1S/C13H16F3N3O3S/c14-13(15,16)11-4-2-10(3-5-11)12(20)18-6-1-7-19(9-8-18)23(17,21)22/h2-5H,1,6-9H2,(H2,17,21,22). The van der Waals surface area contributed by atoms with Gasteiger partial charge in [0.2, 0.25) is 0 Å². The van der Waals surface area contributed by atoms with Gasteiger partial charge in [0.15, 0.2) is 0 Å². The minimum absolute atomic E-state index is 0.0607. The van der Waals surface area contributed by atoms with Gasteiger partial charge in [-0.25, -0.2) is 5.14 Å². The van der Waals surface area contributed by atoms with Crippen LogP contribution in [0.15, 0.2) is 24.3 Å². The van der Waals surface area contributed by atoms with Crippen molar-refractivity contribution in [3.63, 3.8) is 0 Å². The van der Waals surface area contributed by atoms with E-state index in [1.807, 2.05) is 0 Å². The highest BCUT2D eigenvalue weighted by Crippen LogP contribution is 2.29. The molecule has 1 aromatic carbocycles. The van der Waals surface area contributed by atoms with Gasteiger partial charge in [-0.05, 0) is 30.7 Å². The molecule has 1 amide bonds. The lowest BCUT2D eigenvalue weighted by atomic mass is 10.1. The number of nitrogens with zero attached hydrogens (tertiary/aromatic N) is 2. The van der Waals surface area contributed by atoms with Crippen LogP contribution in [0.5, 0.6) is 0 Å². The average Bonchev–Trinajstić information content (AvgIpc) is 2.71. The summed E-state index contributed by atoms with van der Waals surface area (Å²) in [5.74, 6) is -0.435. The maximum atomic E-state index is 12.5. The van der Waals surface area contributed by atoms with Crippen LogP contribution in [0.1, 0.15) is 22.3 Å². The van der Waals surface area contributed by atoms with Crippen LogP contribution in [-0.2, 0) is 16.4 Å². The Balaban J connectivity index is 2.09. The maximum absolute atomic E-state index is 12.5. The third kappa shape index (κ3) is 4.43. The van der Waals surface area contributed by atoms with E-state index < -0.39 is 27.9 Å². The second kappa shape index (κ2) is 6.46. The zero-order valence-corrected chi connectivity index (χ0v) is 12.9. The Labute approximate surface area is 131 Å². The number of hydrogen-bond acceptors (Lipinski definition) is 3. The summed E-state index contributed by atoms with van der Waals surface area (Å²) in [6, 6.07) is 3.93. The Morgan fingerprint density at radius 1 is 1.04 bits per heavy atom. The number of halogens is 3. The minimum atomic E-state index is -4.46. The number of nitrogens with two attached hydrogens (primary N) is 1. The predicted molar refractivity (Wildman–Crippen MR) is 76.6 cm³/mol. The van der Waals surface area contributed by atoms with Crippen LogP contribution in [0.3, 0.4) is 0 Å². The molecule has 1 aromatic rings. The number of rotatable bonds is 2. The highest BCUT2D eigenvalue weighted by molar-refractivity contribution is 7.86. The first-order valence-electron chi connectivity index (χ1n) is 6.83. The molecule has 0 atom stereocenters. The molecular weight excluding hydrogens is 335 g/mol.